The van der Waals surface area contributed by atoms with Crippen LogP contribution in [0.5, 0.6) is 17.2 Å². The number of benzene rings is 2. The molecule has 0 spiro atoms. The summed E-state index contributed by atoms with van der Waals surface area (Å²) in [4.78, 5) is 15.6. The number of carbonyl (C=O) groups excluding carboxylic acids is 1. The molecule has 0 aliphatic rings. The molecule has 2 aromatic carbocycles. The highest BCUT2D eigenvalue weighted by atomic mass is 16.6. The van der Waals surface area contributed by atoms with Crippen molar-refractivity contribution in [3.05, 3.63) is 54.6 Å². The molecule has 0 unspecified atom stereocenters. The van der Waals surface area contributed by atoms with Crippen LogP contribution in [0, 0.1) is 0 Å². The van der Waals surface area contributed by atoms with Crippen molar-refractivity contribution in [2.24, 2.45) is 0 Å². The lowest BCUT2D eigenvalue weighted by atomic mass is 10.3. The minimum Gasteiger partial charge on any atom is -0.484 e. The van der Waals surface area contributed by atoms with E-state index in [0.29, 0.717) is 11.5 Å². The van der Waals surface area contributed by atoms with Gasteiger partial charge >= 0.3 is 0 Å². The molecule has 1 N–H and O–H groups in total. The molecule has 0 saturated heterocycles. The van der Waals surface area contributed by atoms with Crippen LogP contribution in [0.4, 0.5) is 0 Å². The maximum Gasteiger partial charge on any atom is 0.281 e. The summed E-state index contributed by atoms with van der Waals surface area (Å²) < 4.78 is 10.9. The van der Waals surface area contributed by atoms with Crippen molar-refractivity contribution in [1.82, 2.24) is 5.48 Å². The molecule has 0 atom stereocenters. The van der Waals surface area contributed by atoms with E-state index in [9.17, 15) is 4.79 Å². The third kappa shape index (κ3) is 4.29. The first-order valence-electron chi connectivity index (χ1n) is 6.05. The normalized spacial score (nSPS) is 9.85. The van der Waals surface area contributed by atoms with Gasteiger partial charge in [0.1, 0.15) is 17.2 Å². The highest BCUT2D eigenvalue weighted by Crippen LogP contribution is 2.23. The second-order valence-electron chi connectivity index (χ2n) is 3.90. The fourth-order valence-corrected chi connectivity index (χ4v) is 1.52. The standard InChI is InChI=1S/C15H15NO4/c1-18-16-15(17)11-19-12-7-9-14(10-8-12)20-13-5-3-2-4-6-13/h2-10H,11H2,1H3,(H,16,17). The fourth-order valence-electron chi connectivity index (χ4n) is 1.52. The zero-order chi connectivity index (χ0) is 14.2. The Labute approximate surface area is 117 Å². The molecule has 5 nitrogen and oxygen atoms in total. The molecule has 5 heteroatoms. The number of amides is 1. The SMILES string of the molecule is CONC(=O)COc1ccc(Oc2ccccc2)cc1. The van der Waals surface area contributed by atoms with E-state index >= 15 is 0 Å². The molecule has 20 heavy (non-hydrogen) atoms. The maximum absolute atomic E-state index is 11.1. The molecule has 0 fully saturated rings. The van der Waals surface area contributed by atoms with Gasteiger partial charge in [0.05, 0.1) is 7.11 Å². The summed E-state index contributed by atoms with van der Waals surface area (Å²) in [6, 6.07) is 16.5. The van der Waals surface area contributed by atoms with Crippen LogP contribution in [0.2, 0.25) is 0 Å². The summed E-state index contributed by atoms with van der Waals surface area (Å²) in [6.45, 7) is -0.104. The Morgan fingerprint density at radius 3 is 2.20 bits per heavy atom. The van der Waals surface area contributed by atoms with Gasteiger partial charge in [-0.05, 0) is 36.4 Å². The van der Waals surface area contributed by atoms with Crippen molar-refractivity contribution in [3.8, 4) is 17.2 Å². The highest BCUT2D eigenvalue weighted by Gasteiger charge is 2.02. The summed E-state index contributed by atoms with van der Waals surface area (Å²) >= 11 is 0. The minimum atomic E-state index is -0.350. The number of hydrogen-bond acceptors (Lipinski definition) is 4. The monoisotopic (exact) mass is 273 g/mol. The molecule has 0 aromatic heterocycles. The molecule has 2 aromatic rings. The van der Waals surface area contributed by atoms with Crippen molar-refractivity contribution in [2.45, 2.75) is 0 Å². The molecule has 104 valence electrons. The van der Waals surface area contributed by atoms with Crippen LogP contribution >= 0.6 is 0 Å². The van der Waals surface area contributed by atoms with E-state index in [2.05, 4.69) is 10.3 Å². The lowest BCUT2D eigenvalue weighted by molar-refractivity contribution is -0.133. The minimum absolute atomic E-state index is 0.104. The molecule has 2 rings (SSSR count). The van der Waals surface area contributed by atoms with Crippen molar-refractivity contribution < 1.29 is 19.1 Å². The largest absolute Gasteiger partial charge is 0.484 e. The lowest BCUT2D eigenvalue weighted by Crippen LogP contribution is -2.27. The molecule has 0 heterocycles. The van der Waals surface area contributed by atoms with Crippen LogP contribution in [0.15, 0.2) is 54.6 Å². The number of ether oxygens (including phenoxy) is 2. The first-order chi connectivity index (χ1) is 9.78. The van der Waals surface area contributed by atoms with Gasteiger partial charge in [-0.15, -0.1) is 0 Å². The van der Waals surface area contributed by atoms with Gasteiger partial charge in [0, 0.05) is 0 Å². The predicted molar refractivity (Wildman–Crippen MR) is 73.6 cm³/mol. The van der Waals surface area contributed by atoms with Crippen LogP contribution in [-0.2, 0) is 9.63 Å². The average Bonchev–Trinajstić information content (AvgIpc) is 2.48. The first kappa shape index (κ1) is 13.9. The number of para-hydroxylation sites is 1. The number of hydroxylamine groups is 1. The van der Waals surface area contributed by atoms with Gasteiger partial charge in [-0.3, -0.25) is 9.63 Å². The van der Waals surface area contributed by atoms with Crippen LogP contribution in [0.1, 0.15) is 0 Å². The van der Waals surface area contributed by atoms with E-state index in [4.69, 9.17) is 9.47 Å². The lowest BCUT2D eigenvalue weighted by Gasteiger charge is -2.08. The number of hydrogen-bond donors (Lipinski definition) is 1. The Balaban J connectivity index is 1.88. The van der Waals surface area contributed by atoms with Crippen molar-refractivity contribution >= 4 is 5.91 Å². The summed E-state index contributed by atoms with van der Waals surface area (Å²) in [6.07, 6.45) is 0. The van der Waals surface area contributed by atoms with Crippen LogP contribution in [-0.4, -0.2) is 19.6 Å². The van der Waals surface area contributed by atoms with Crippen LogP contribution in [0.3, 0.4) is 0 Å². The molecule has 0 aliphatic heterocycles. The van der Waals surface area contributed by atoms with Gasteiger partial charge in [-0.2, -0.15) is 0 Å². The quantitative estimate of drug-likeness (QED) is 0.822. The average molecular weight is 273 g/mol. The van der Waals surface area contributed by atoms with E-state index in [1.807, 2.05) is 30.3 Å². The van der Waals surface area contributed by atoms with Gasteiger partial charge in [-0.25, -0.2) is 5.48 Å². The number of nitrogens with one attached hydrogen (secondary N) is 1. The topological polar surface area (TPSA) is 56.8 Å². The maximum atomic E-state index is 11.1. The Hall–Kier alpha value is -2.53. The van der Waals surface area contributed by atoms with Crippen molar-refractivity contribution in [2.75, 3.05) is 13.7 Å². The highest BCUT2D eigenvalue weighted by molar-refractivity contribution is 5.76. The molecular weight excluding hydrogens is 258 g/mol. The zero-order valence-corrected chi connectivity index (χ0v) is 11.0. The summed E-state index contributed by atoms with van der Waals surface area (Å²) in [5.74, 6) is 1.69. The Morgan fingerprint density at radius 1 is 0.950 bits per heavy atom. The Bertz CT molecular complexity index is 540. The summed E-state index contributed by atoms with van der Waals surface area (Å²) in [5, 5.41) is 0. The van der Waals surface area contributed by atoms with Gasteiger partial charge in [0.15, 0.2) is 6.61 Å². The van der Waals surface area contributed by atoms with Gasteiger partial charge in [0.25, 0.3) is 5.91 Å². The Morgan fingerprint density at radius 2 is 1.55 bits per heavy atom. The van der Waals surface area contributed by atoms with E-state index in [1.54, 1.807) is 24.3 Å². The van der Waals surface area contributed by atoms with E-state index < -0.39 is 0 Å². The van der Waals surface area contributed by atoms with Crippen LogP contribution < -0.4 is 15.0 Å². The molecule has 0 saturated carbocycles. The van der Waals surface area contributed by atoms with Crippen molar-refractivity contribution in [1.29, 1.82) is 0 Å². The van der Waals surface area contributed by atoms with Crippen molar-refractivity contribution in [3.63, 3.8) is 0 Å². The van der Waals surface area contributed by atoms with E-state index in [0.717, 1.165) is 5.75 Å². The molecule has 0 aliphatic carbocycles. The third-order valence-electron chi connectivity index (χ3n) is 2.39. The molecule has 1 amide bonds. The second-order valence-corrected chi connectivity index (χ2v) is 3.90. The smallest absolute Gasteiger partial charge is 0.281 e. The van der Waals surface area contributed by atoms with E-state index in [-0.39, 0.29) is 12.5 Å². The third-order valence-corrected chi connectivity index (χ3v) is 2.39. The van der Waals surface area contributed by atoms with Crippen LogP contribution in [0.25, 0.3) is 0 Å². The molecular formula is C15H15NO4. The van der Waals surface area contributed by atoms with Gasteiger partial charge in [0.2, 0.25) is 0 Å². The van der Waals surface area contributed by atoms with Gasteiger partial charge in [-0.1, -0.05) is 18.2 Å². The summed E-state index contributed by atoms with van der Waals surface area (Å²) in [7, 11) is 1.37. The number of rotatable bonds is 6. The summed E-state index contributed by atoms with van der Waals surface area (Å²) in [5.41, 5.74) is 2.17. The number of carbonyl (C=O) groups is 1. The fraction of sp³-hybridized carbons (Fsp3) is 0.133. The second kappa shape index (κ2) is 7.16. The molecule has 0 bridgehead atoms. The van der Waals surface area contributed by atoms with E-state index in [1.165, 1.54) is 7.11 Å². The zero-order valence-electron chi connectivity index (χ0n) is 11.0. The first-order valence-corrected chi connectivity index (χ1v) is 6.05. The molecule has 0 radical (unpaired) electrons. The predicted octanol–water partition coefficient (Wildman–Crippen LogP) is 2.54. The van der Waals surface area contributed by atoms with Gasteiger partial charge < -0.3 is 9.47 Å². The Kier molecular flexibility index (Phi) is 4.97.